The largest absolute Gasteiger partial charge is 0.485 e. The van der Waals surface area contributed by atoms with Crippen LogP contribution in [-0.2, 0) is 0 Å². The van der Waals surface area contributed by atoms with Crippen LogP contribution in [0.1, 0.15) is 22.6 Å². The van der Waals surface area contributed by atoms with Gasteiger partial charge in [0.15, 0.2) is 0 Å². The lowest BCUT2D eigenvalue weighted by atomic mass is 9.81. The summed E-state index contributed by atoms with van der Waals surface area (Å²) in [5.74, 6) is 1.14. The Morgan fingerprint density at radius 1 is 0.302 bits per heavy atom. The van der Waals surface area contributed by atoms with Crippen molar-refractivity contribution in [2.24, 2.45) is 0 Å². The second kappa shape index (κ2) is 14.3. The zero-order valence-corrected chi connectivity index (χ0v) is 34.5. The molecule has 1 nitrogen and oxygen atoms in total. The van der Waals surface area contributed by atoms with Gasteiger partial charge in [-0.05, 0) is 158 Å². The summed E-state index contributed by atoms with van der Waals surface area (Å²) in [6, 6.07) is 80.8. The third kappa shape index (κ3) is 5.92. The molecule has 0 saturated heterocycles. The van der Waals surface area contributed by atoms with E-state index in [-0.39, 0.29) is 12.0 Å². The van der Waals surface area contributed by atoms with E-state index in [1.807, 2.05) is 0 Å². The van der Waals surface area contributed by atoms with Crippen LogP contribution in [0.15, 0.2) is 224 Å². The maximum atomic E-state index is 6.57. The van der Waals surface area contributed by atoms with Crippen LogP contribution in [0.4, 0.5) is 0 Å². The Labute approximate surface area is 366 Å². The summed E-state index contributed by atoms with van der Waals surface area (Å²) in [6.07, 6.45) is 4.44. The highest BCUT2D eigenvalue weighted by Gasteiger charge is 2.37. The molecule has 1 heterocycles. The molecule has 2 unspecified atom stereocenters. The molecule has 0 amide bonds. The maximum Gasteiger partial charge on any atom is 0.128 e. The average Bonchev–Trinajstić information content (AvgIpc) is 3.74. The number of ether oxygens (including phenoxy) is 1. The van der Waals surface area contributed by atoms with Crippen molar-refractivity contribution in [2.75, 3.05) is 0 Å². The molecule has 0 saturated carbocycles. The van der Waals surface area contributed by atoms with Crippen molar-refractivity contribution in [3.05, 3.63) is 241 Å². The van der Waals surface area contributed by atoms with E-state index in [4.69, 9.17) is 4.74 Å². The molecule has 1 aliphatic carbocycles. The predicted octanol–water partition coefficient (Wildman–Crippen LogP) is 16.6. The number of benzene rings is 11. The van der Waals surface area contributed by atoms with Crippen LogP contribution in [0.2, 0.25) is 0 Å². The van der Waals surface area contributed by atoms with Crippen molar-refractivity contribution in [3.63, 3.8) is 0 Å². The third-order valence-electron chi connectivity index (χ3n) is 13.6. The zero-order chi connectivity index (χ0) is 41.4. The molecule has 2 atom stereocenters. The second-order valence-corrected chi connectivity index (χ2v) is 17.1. The summed E-state index contributed by atoms with van der Waals surface area (Å²) < 4.78 is 6.57. The van der Waals surface area contributed by atoms with Crippen molar-refractivity contribution in [2.45, 2.75) is 12.0 Å². The Bertz CT molecular complexity index is 3680. The lowest BCUT2D eigenvalue weighted by molar-refractivity contribution is 0.267. The third-order valence-corrected chi connectivity index (χ3v) is 13.6. The van der Waals surface area contributed by atoms with Crippen molar-refractivity contribution in [3.8, 4) is 61.4 Å². The zero-order valence-electron chi connectivity index (χ0n) is 34.5. The molecule has 0 bridgehead atoms. The quantitative estimate of drug-likeness (QED) is 0.158. The molecule has 13 rings (SSSR count). The normalized spacial score (nSPS) is 15.0. The molecule has 0 aromatic heterocycles. The van der Waals surface area contributed by atoms with E-state index in [0.29, 0.717) is 0 Å². The Morgan fingerprint density at radius 3 is 1.48 bits per heavy atom. The van der Waals surface area contributed by atoms with E-state index in [1.165, 1.54) is 115 Å². The van der Waals surface area contributed by atoms with Crippen molar-refractivity contribution in [1.29, 1.82) is 0 Å². The van der Waals surface area contributed by atoms with Gasteiger partial charge in [-0.25, -0.2) is 0 Å². The molecular weight excluding hydrogens is 761 g/mol. The fourth-order valence-corrected chi connectivity index (χ4v) is 10.5. The van der Waals surface area contributed by atoms with Gasteiger partial charge < -0.3 is 4.74 Å². The smallest absolute Gasteiger partial charge is 0.128 e. The number of hydrogen-bond acceptors (Lipinski definition) is 1. The van der Waals surface area contributed by atoms with E-state index in [2.05, 4.69) is 231 Å². The Hall–Kier alpha value is -8.00. The van der Waals surface area contributed by atoms with Gasteiger partial charge >= 0.3 is 0 Å². The summed E-state index contributed by atoms with van der Waals surface area (Å²) in [6.45, 7) is 0. The van der Waals surface area contributed by atoms with Crippen LogP contribution in [0.3, 0.4) is 0 Å². The molecule has 1 heteroatoms. The van der Waals surface area contributed by atoms with Gasteiger partial charge in [0.1, 0.15) is 11.9 Å². The highest BCUT2D eigenvalue weighted by Crippen LogP contribution is 2.49. The molecule has 11 aromatic carbocycles. The van der Waals surface area contributed by atoms with E-state index >= 15 is 0 Å². The first-order valence-electron chi connectivity index (χ1n) is 22.0. The second-order valence-electron chi connectivity index (χ2n) is 17.1. The highest BCUT2D eigenvalue weighted by molar-refractivity contribution is 6.22. The number of hydrogen-bond donors (Lipinski definition) is 0. The molecule has 1 aliphatic heterocycles. The van der Waals surface area contributed by atoms with Gasteiger partial charge in [0.25, 0.3) is 0 Å². The first-order chi connectivity index (χ1) is 31.2. The summed E-state index contributed by atoms with van der Waals surface area (Å²) >= 11 is 0. The molecule has 294 valence electrons. The van der Waals surface area contributed by atoms with E-state index in [1.54, 1.807) is 0 Å². The van der Waals surface area contributed by atoms with E-state index in [0.717, 1.165) is 5.75 Å². The summed E-state index contributed by atoms with van der Waals surface area (Å²) in [5.41, 5.74) is 16.0. The Balaban J connectivity index is 1.03. The van der Waals surface area contributed by atoms with Gasteiger partial charge in [-0.1, -0.05) is 182 Å². The van der Waals surface area contributed by atoms with Crippen molar-refractivity contribution < 1.29 is 4.74 Å². The van der Waals surface area contributed by atoms with Crippen LogP contribution in [0.25, 0.3) is 105 Å². The lowest BCUT2D eigenvalue weighted by Crippen LogP contribution is -2.20. The SMILES string of the molecule is C1=CC2Oc3ccc(-c4ccc5c(-c6cccc(-c7ccc8ccccc8c7)c6)c6ccccc6c(-c6cccc(-c7ccc8ccccc8c7)c6)c5c4)cc3C2c2ccccc21. The average molecular weight is 801 g/mol. The van der Waals surface area contributed by atoms with Gasteiger partial charge in [-0.15, -0.1) is 0 Å². The fourth-order valence-electron chi connectivity index (χ4n) is 10.5. The summed E-state index contributed by atoms with van der Waals surface area (Å²) in [4.78, 5) is 0. The standard InChI is InChI=1S/C62H40O/c1-3-14-42-33-46(25-23-39(42)11-1)44-16-9-18-50(35-44)60-53-21-7-8-22-54(53)61(51-19-10-17-45(36-51)47-26-24-40-12-2-4-15-43(40)34-47)56-37-48(27-30-55(56)60)49-29-31-58-57(38-49)62-52-20-6-5-13-41(52)28-32-59(62)63-58/h1-38,59,62H. The van der Waals surface area contributed by atoms with Gasteiger partial charge in [0.05, 0.1) is 5.92 Å². The van der Waals surface area contributed by atoms with Crippen molar-refractivity contribution in [1.82, 2.24) is 0 Å². The monoisotopic (exact) mass is 800 g/mol. The topological polar surface area (TPSA) is 9.23 Å². The molecular formula is C62H40O. The van der Waals surface area contributed by atoms with Crippen LogP contribution in [0, 0.1) is 0 Å². The molecule has 0 radical (unpaired) electrons. The van der Waals surface area contributed by atoms with Crippen molar-refractivity contribution >= 4 is 49.2 Å². The molecule has 0 fully saturated rings. The number of fused-ring (bicyclic) bond motifs is 9. The van der Waals surface area contributed by atoms with Gasteiger partial charge in [-0.2, -0.15) is 0 Å². The van der Waals surface area contributed by atoms with Crippen LogP contribution in [-0.4, -0.2) is 6.10 Å². The highest BCUT2D eigenvalue weighted by atomic mass is 16.5. The summed E-state index contributed by atoms with van der Waals surface area (Å²) in [5, 5.41) is 9.93. The van der Waals surface area contributed by atoms with Crippen LogP contribution < -0.4 is 4.74 Å². The first kappa shape index (κ1) is 35.7. The molecule has 0 spiro atoms. The van der Waals surface area contributed by atoms with Crippen LogP contribution >= 0.6 is 0 Å². The fraction of sp³-hybridized carbons (Fsp3) is 0.0323. The van der Waals surface area contributed by atoms with E-state index in [9.17, 15) is 0 Å². The van der Waals surface area contributed by atoms with Gasteiger partial charge in [0.2, 0.25) is 0 Å². The summed E-state index contributed by atoms with van der Waals surface area (Å²) in [7, 11) is 0. The predicted molar refractivity (Wildman–Crippen MR) is 265 cm³/mol. The Kier molecular flexibility index (Phi) is 8.11. The van der Waals surface area contributed by atoms with Crippen LogP contribution in [0.5, 0.6) is 5.75 Å². The lowest BCUT2D eigenvalue weighted by Gasteiger charge is -2.23. The Morgan fingerprint density at radius 2 is 0.794 bits per heavy atom. The minimum atomic E-state index is 0.00234. The van der Waals surface area contributed by atoms with E-state index < -0.39 is 0 Å². The minimum absolute atomic E-state index is 0.00234. The first-order valence-corrected chi connectivity index (χ1v) is 22.0. The minimum Gasteiger partial charge on any atom is -0.485 e. The molecule has 63 heavy (non-hydrogen) atoms. The molecule has 2 aliphatic rings. The molecule has 11 aromatic rings. The number of rotatable bonds is 5. The van der Waals surface area contributed by atoms with Gasteiger partial charge in [-0.3, -0.25) is 0 Å². The maximum absolute atomic E-state index is 6.57. The van der Waals surface area contributed by atoms with Gasteiger partial charge in [0, 0.05) is 5.56 Å². The molecule has 0 N–H and O–H groups in total.